The Hall–Kier alpha value is -2.90. The maximum atomic E-state index is 13.1. The van der Waals surface area contributed by atoms with Gasteiger partial charge in [0.25, 0.3) is 5.22 Å². The topological polar surface area (TPSA) is 59.2 Å². The predicted molar refractivity (Wildman–Crippen MR) is 125 cm³/mol. The van der Waals surface area contributed by atoms with E-state index in [2.05, 4.69) is 26.1 Å². The van der Waals surface area contributed by atoms with Crippen LogP contribution in [-0.2, 0) is 17.9 Å². The van der Waals surface area contributed by atoms with Crippen molar-refractivity contribution in [1.29, 1.82) is 0 Å². The number of carbonyl (C=O) groups is 1. The third-order valence-corrected chi connectivity index (χ3v) is 6.11. The zero-order chi connectivity index (χ0) is 21.5. The average molecular weight is 494 g/mol. The van der Waals surface area contributed by atoms with Gasteiger partial charge in [0.05, 0.1) is 11.3 Å². The lowest BCUT2D eigenvalue weighted by Crippen LogP contribution is -2.31. The summed E-state index contributed by atoms with van der Waals surface area (Å²) in [5.74, 6) is 0.656. The molecule has 0 aliphatic rings. The molecule has 0 saturated heterocycles. The molecule has 0 fully saturated rings. The normalized spacial score (nSPS) is 10.7. The number of thioether (sulfide) groups is 1. The van der Waals surface area contributed by atoms with E-state index >= 15 is 0 Å². The lowest BCUT2D eigenvalue weighted by atomic mass is 10.1. The Morgan fingerprint density at radius 2 is 1.42 bits per heavy atom. The Bertz CT molecular complexity index is 1090. The number of halogens is 1. The number of hydrogen-bond donors (Lipinski definition) is 0. The van der Waals surface area contributed by atoms with Crippen LogP contribution in [0.25, 0.3) is 11.5 Å². The van der Waals surface area contributed by atoms with Gasteiger partial charge in [0, 0.05) is 17.6 Å². The quantitative estimate of drug-likeness (QED) is 0.289. The van der Waals surface area contributed by atoms with Gasteiger partial charge in [-0.2, -0.15) is 0 Å². The first-order valence-electron chi connectivity index (χ1n) is 9.76. The predicted octanol–water partition coefficient (Wildman–Crippen LogP) is 5.82. The number of aromatic nitrogens is 2. The molecule has 156 valence electrons. The molecule has 5 nitrogen and oxygen atoms in total. The second kappa shape index (κ2) is 10.4. The lowest BCUT2D eigenvalue weighted by molar-refractivity contribution is -0.129. The van der Waals surface area contributed by atoms with Gasteiger partial charge in [-0.15, -0.1) is 10.2 Å². The first-order valence-corrected chi connectivity index (χ1v) is 11.5. The van der Waals surface area contributed by atoms with Crippen LogP contribution < -0.4 is 0 Å². The number of amides is 1. The summed E-state index contributed by atoms with van der Waals surface area (Å²) in [5, 5.41) is 8.57. The monoisotopic (exact) mass is 493 g/mol. The summed E-state index contributed by atoms with van der Waals surface area (Å²) in [4.78, 5) is 14.9. The molecule has 31 heavy (non-hydrogen) atoms. The van der Waals surface area contributed by atoms with Crippen molar-refractivity contribution in [1.82, 2.24) is 15.1 Å². The van der Waals surface area contributed by atoms with E-state index in [-0.39, 0.29) is 11.7 Å². The van der Waals surface area contributed by atoms with Gasteiger partial charge in [0.1, 0.15) is 0 Å². The van der Waals surface area contributed by atoms with Crippen LogP contribution in [-0.4, -0.2) is 26.8 Å². The molecule has 4 aromatic rings. The summed E-state index contributed by atoms with van der Waals surface area (Å²) in [6.45, 7) is 1.09. The Labute approximate surface area is 193 Å². The molecule has 0 spiro atoms. The average Bonchev–Trinajstić information content (AvgIpc) is 3.27. The molecule has 0 bridgehead atoms. The van der Waals surface area contributed by atoms with Crippen molar-refractivity contribution in [3.05, 3.63) is 101 Å². The molecule has 1 heterocycles. The second-order valence-electron chi connectivity index (χ2n) is 6.86. The maximum absolute atomic E-state index is 13.1. The summed E-state index contributed by atoms with van der Waals surface area (Å²) in [6.07, 6.45) is 0. The molecule has 1 amide bonds. The first-order chi connectivity index (χ1) is 15.2. The van der Waals surface area contributed by atoms with Crippen molar-refractivity contribution in [2.24, 2.45) is 0 Å². The number of benzene rings is 3. The van der Waals surface area contributed by atoms with Gasteiger partial charge in [-0.1, -0.05) is 84.6 Å². The van der Waals surface area contributed by atoms with E-state index in [0.29, 0.717) is 24.2 Å². The van der Waals surface area contributed by atoms with Crippen molar-refractivity contribution in [2.75, 3.05) is 5.75 Å². The second-order valence-corrected chi connectivity index (χ2v) is 8.64. The molecule has 0 aliphatic heterocycles. The van der Waals surface area contributed by atoms with Crippen molar-refractivity contribution in [3.8, 4) is 11.5 Å². The van der Waals surface area contributed by atoms with Crippen molar-refractivity contribution < 1.29 is 9.21 Å². The number of hydrogen-bond acceptors (Lipinski definition) is 5. The largest absolute Gasteiger partial charge is 0.411 e. The van der Waals surface area contributed by atoms with Crippen LogP contribution >= 0.6 is 27.7 Å². The van der Waals surface area contributed by atoms with Gasteiger partial charge in [-0.3, -0.25) is 4.79 Å². The summed E-state index contributed by atoms with van der Waals surface area (Å²) in [7, 11) is 0. The SMILES string of the molecule is O=C(CSc1nnc(-c2ccccc2Br)o1)N(Cc1ccccc1)Cc1ccccc1. The van der Waals surface area contributed by atoms with Crippen LogP contribution in [0.1, 0.15) is 11.1 Å². The van der Waals surface area contributed by atoms with Gasteiger partial charge in [-0.25, -0.2) is 0 Å². The summed E-state index contributed by atoms with van der Waals surface area (Å²) in [6, 6.07) is 27.6. The van der Waals surface area contributed by atoms with Crippen molar-refractivity contribution in [3.63, 3.8) is 0 Å². The van der Waals surface area contributed by atoms with E-state index in [4.69, 9.17) is 4.42 Å². The minimum Gasteiger partial charge on any atom is -0.411 e. The van der Waals surface area contributed by atoms with Gasteiger partial charge in [0.15, 0.2) is 0 Å². The molecule has 0 atom stereocenters. The summed E-state index contributed by atoms with van der Waals surface area (Å²) >= 11 is 4.74. The molecule has 0 saturated carbocycles. The van der Waals surface area contributed by atoms with E-state index in [1.165, 1.54) is 11.8 Å². The molecule has 0 N–H and O–H groups in total. The first kappa shape index (κ1) is 21.3. The van der Waals surface area contributed by atoms with Crippen LogP contribution in [0.2, 0.25) is 0 Å². The standard InChI is InChI=1S/C24H20BrN3O2S/c25-21-14-8-7-13-20(21)23-26-27-24(30-23)31-17-22(29)28(15-18-9-3-1-4-10-18)16-19-11-5-2-6-12-19/h1-14H,15-17H2. The van der Waals surface area contributed by atoms with E-state index in [9.17, 15) is 4.79 Å². The summed E-state index contributed by atoms with van der Waals surface area (Å²) < 4.78 is 6.64. The highest BCUT2D eigenvalue weighted by Crippen LogP contribution is 2.29. The van der Waals surface area contributed by atoms with Gasteiger partial charge in [-0.05, 0) is 39.2 Å². The Kier molecular flexibility index (Phi) is 7.17. The van der Waals surface area contributed by atoms with Crippen LogP contribution in [0.15, 0.2) is 99.0 Å². The molecule has 0 unspecified atom stereocenters. The fraction of sp³-hybridized carbons (Fsp3) is 0.125. The molecule has 0 radical (unpaired) electrons. The van der Waals surface area contributed by atoms with Crippen molar-refractivity contribution in [2.45, 2.75) is 18.3 Å². The smallest absolute Gasteiger partial charge is 0.277 e. The zero-order valence-electron chi connectivity index (χ0n) is 16.6. The van der Waals surface area contributed by atoms with E-state index in [1.807, 2.05) is 89.8 Å². The van der Waals surface area contributed by atoms with E-state index in [0.717, 1.165) is 21.2 Å². The molecular formula is C24H20BrN3O2S. The van der Waals surface area contributed by atoms with Crippen LogP contribution in [0.4, 0.5) is 0 Å². The Balaban J connectivity index is 1.44. The number of nitrogens with zero attached hydrogens (tertiary/aromatic N) is 3. The fourth-order valence-electron chi connectivity index (χ4n) is 3.07. The van der Waals surface area contributed by atoms with Gasteiger partial charge < -0.3 is 9.32 Å². The van der Waals surface area contributed by atoms with Gasteiger partial charge >= 0.3 is 0 Å². The summed E-state index contributed by atoms with van der Waals surface area (Å²) in [5.41, 5.74) is 3.00. The Morgan fingerprint density at radius 1 is 0.839 bits per heavy atom. The van der Waals surface area contributed by atoms with Crippen LogP contribution in [0, 0.1) is 0 Å². The number of carbonyl (C=O) groups excluding carboxylic acids is 1. The van der Waals surface area contributed by atoms with Gasteiger partial charge in [0.2, 0.25) is 11.8 Å². The lowest BCUT2D eigenvalue weighted by Gasteiger charge is -2.23. The zero-order valence-corrected chi connectivity index (χ0v) is 19.1. The molecule has 7 heteroatoms. The molecular weight excluding hydrogens is 474 g/mol. The molecule has 0 aliphatic carbocycles. The van der Waals surface area contributed by atoms with Crippen LogP contribution in [0.3, 0.4) is 0 Å². The Morgan fingerprint density at radius 3 is 2.03 bits per heavy atom. The van der Waals surface area contributed by atoms with E-state index < -0.39 is 0 Å². The minimum atomic E-state index is 0.0124. The van der Waals surface area contributed by atoms with Crippen molar-refractivity contribution >= 4 is 33.6 Å². The minimum absolute atomic E-state index is 0.0124. The highest BCUT2D eigenvalue weighted by atomic mass is 79.9. The highest BCUT2D eigenvalue weighted by molar-refractivity contribution is 9.10. The van der Waals surface area contributed by atoms with Crippen LogP contribution in [0.5, 0.6) is 0 Å². The number of rotatable bonds is 8. The third-order valence-electron chi connectivity index (χ3n) is 4.62. The molecule has 3 aromatic carbocycles. The maximum Gasteiger partial charge on any atom is 0.277 e. The highest BCUT2D eigenvalue weighted by Gasteiger charge is 2.18. The van der Waals surface area contributed by atoms with E-state index in [1.54, 1.807) is 0 Å². The molecule has 4 rings (SSSR count). The molecule has 1 aromatic heterocycles. The fourth-order valence-corrected chi connectivity index (χ4v) is 4.19. The third kappa shape index (κ3) is 5.83.